The molecule has 0 aliphatic carbocycles. The number of nitrogens with one attached hydrogen (secondary N) is 2. The van der Waals surface area contributed by atoms with Gasteiger partial charge in [0.15, 0.2) is 5.96 Å². The summed E-state index contributed by atoms with van der Waals surface area (Å²) in [5, 5.41) is 6.89. The second-order valence-corrected chi connectivity index (χ2v) is 8.66. The van der Waals surface area contributed by atoms with Crippen LogP contribution < -0.4 is 15.4 Å². The molecular formula is C24H40N4O2. The molecule has 2 heterocycles. The zero-order valence-corrected chi connectivity index (χ0v) is 19.1. The van der Waals surface area contributed by atoms with E-state index in [1.165, 1.54) is 44.3 Å². The predicted octanol–water partition coefficient (Wildman–Crippen LogP) is 3.48. The molecule has 1 aromatic rings. The maximum atomic E-state index is 6.20. The zero-order chi connectivity index (χ0) is 21.2. The zero-order valence-electron chi connectivity index (χ0n) is 19.1. The molecule has 0 bridgehead atoms. The van der Waals surface area contributed by atoms with Gasteiger partial charge in [0, 0.05) is 38.2 Å². The smallest absolute Gasteiger partial charge is 0.191 e. The minimum atomic E-state index is 0.158. The summed E-state index contributed by atoms with van der Waals surface area (Å²) in [5.41, 5.74) is 2.35. The SMILES string of the molecule is CN=C(NCCCCN1CCCCC1C)NCc1ccc(C)cc1OC1CCOC1. The summed E-state index contributed by atoms with van der Waals surface area (Å²) in [6, 6.07) is 7.14. The quantitative estimate of drug-likeness (QED) is 0.367. The molecule has 0 radical (unpaired) electrons. The van der Waals surface area contributed by atoms with Gasteiger partial charge in [-0.2, -0.15) is 0 Å². The number of aliphatic imine (C=N–C) groups is 1. The van der Waals surface area contributed by atoms with E-state index in [0.717, 1.165) is 49.3 Å². The Kier molecular flexibility index (Phi) is 9.27. The van der Waals surface area contributed by atoms with E-state index in [-0.39, 0.29) is 6.10 Å². The fourth-order valence-electron chi connectivity index (χ4n) is 4.24. The van der Waals surface area contributed by atoms with Crippen molar-refractivity contribution in [3.8, 4) is 5.75 Å². The van der Waals surface area contributed by atoms with Crippen LogP contribution in [0.25, 0.3) is 0 Å². The Bertz CT molecular complexity index is 673. The van der Waals surface area contributed by atoms with Crippen LogP contribution in [-0.2, 0) is 11.3 Å². The first kappa shape index (κ1) is 22.9. The average molecular weight is 417 g/mol. The van der Waals surface area contributed by atoms with Crippen molar-refractivity contribution in [3.05, 3.63) is 29.3 Å². The number of guanidine groups is 1. The molecule has 3 rings (SSSR count). The van der Waals surface area contributed by atoms with Crippen LogP contribution in [0.3, 0.4) is 0 Å². The molecule has 0 saturated carbocycles. The summed E-state index contributed by atoms with van der Waals surface area (Å²) in [6.07, 6.45) is 7.61. The first-order valence-corrected chi connectivity index (χ1v) is 11.7. The highest BCUT2D eigenvalue weighted by atomic mass is 16.5. The van der Waals surface area contributed by atoms with E-state index in [4.69, 9.17) is 9.47 Å². The predicted molar refractivity (Wildman–Crippen MR) is 123 cm³/mol. The molecule has 6 nitrogen and oxygen atoms in total. The molecule has 6 heteroatoms. The molecule has 0 amide bonds. The lowest BCUT2D eigenvalue weighted by Gasteiger charge is -2.33. The van der Waals surface area contributed by atoms with Gasteiger partial charge >= 0.3 is 0 Å². The van der Waals surface area contributed by atoms with E-state index in [1.54, 1.807) is 0 Å². The summed E-state index contributed by atoms with van der Waals surface area (Å²) < 4.78 is 11.7. The first-order valence-electron chi connectivity index (χ1n) is 11.7. The van der Waals surface area contributed by atoms with Crippen molar-refractivity contribution in [2.75, 3.05) is 39.9 Å². The highest BCUT2D eigenvalue weighted by Crippen LogP contribution is 2.23. The van der Waals surface area contributed by atoms with Crippen LogP contribution in [-0.4, -0.2) is 62.9 Å². The summed E-state index contributed by atoms with van der Waals surface area (Å²) >= 11 is 0. The third kappa shape index (κ3) is 7.17. The molecule has 0 aromatic heterocycles. The Hall–Kier alpha value is -1.79. The lowest BCUT2D eigenvalue weighted by Crippen LogP contribution is -2.39. The third-order valence-electron chi connectivity index (χ3n) is 6.18. The fraction of sp³-hybridized carbons (Fsp3) is 0.708. The summed E-state index contributed by atoms with van der Waals surface area (Å²) in [5.74, 6) is 1.79. The van der Waals surface area contributed by atoms with E-state index < -0.39 is 0 Å². The number of hydrogen-bond acceptors (Lipinski definition) is 4. The summed E-state index contributed by atoms with van der Waals surface area (Å²) in [6.45, 7) is 10.0. The van der Waals surface area contributed by atoms with E-state index in [2.05, 4.69) is 52.6 Å². The molecular weight excluding hydrogens is 376 g/mol. The van der Waals surface area contributed by atoms with Gasteiger partial charge in [0.05, 0.1) is 13.2 Å². The lowest BCUT2D eigenvalue weighted by atomic mass is 10.0. The number of aryl methyl sites for hydroxylation is 1. The van der Waals surface area contributed by atoms with Crippen LogP contribution in [0, 0.1) is 6.92 Å². The number of rotatable bonds is 9. The Morgan fingerprint density at radius 1 is 1.23 bits per heavy atom. The maximum Gasteiger partial charge on any atom is 0.191 e. The summed E-state index contributed by atoms with van der Waals surface area (Å²) in [4.78, 5) is 7.02. The van der Waals surface area contributed by atoms with Gasteiger partial charge in [-0.05, 0) is 64.3 Å². The Morgan fingerprint density at radius 2 is 2.13 bits per heavy atom. The van der Waals surface area contributed by atoms with Gasteiger partial charge in [0.25, 0.3) is 0 Å². The molecule has 2 aliphatic heterocycles. The van der Waals surface area contributed by atoms with Crippen molar-refractivity contribution < 1.29 is 9.47 Å². The minimum Gasteiger partial charge on any atom is -0.488 e. The topological polar surface area (TPSA) is 58.1 Å². The standard InChI is InChI=1S/C24H40N4O2/c1-19-9-10-21(23(16-19)30-22-11-15-29-18-22)17-27-24(25-3)26-12-5-7-14-28-13-6-4-8-20(28)2/h9-10,16,20,22H,4-8,11-15,17-18H2,1-3H3,(H2,25,26,27). The van der Waals surface area contributed by atoms with Crippen molar-refractivity contribution in [2.24, 2.45) is 4.99 Å². The second kappa shape index (κ2) is 12.2. The molecule has 1 aromatic carbocycles. The lowest BCUT2D eigenvalue weighted by molar-refractivity contribution is 0.140. The van der Waals surface area contributed by atoms with Crippen molar-refractivity contribution >= 4 is 5.96 Å². The van der Waals surface area contributed by atoms with Crippen molar-refractivity contribution in [2.45, 2.75) is 71.1 Å². The maximum absolute atomic E-state index is 6.20. The number of likely N-dealkylation sites (tertiary alicyclic amines) is 1. The van der Waals surface area contributed by atoms with Gasteiger partial charge in [-0.1, -0.05) is 18.6 Å². The molecule has 2 aliphatic rings. The second-order valence-electron chi connectivity index (χ2n) is 8.66. The minimum absolute atomic E-state index is 0.158. The molecule has 2 atom stereocenters. The highest BCUT2D eigenvalue weighted by Gasteiger charge is 2.19. The average Bonchev–Trinajstić information content (AvgIpc) is 3.25. The monoisotopic (exact) mass is 416 g/mol. The molecule has 2 fully saturated rings. The number of hydrogen-bond donors (Lipinski definition) is 2. The fourth-order valence-corrected chi connectivity index (χ4v) is 4.24. The van der Waals surface area contributed by atoms with E-state index >= 15 is 0 Å². The van der Waals surface area contributed by atoms with E-state index in [1.807, 2.05) is 7.05 Å². The Balaban J connectivity index is 1.39. The third-order valence-corrected chi connectivity index (χ3v) is 6.18. The number of unbranched alkanes of at least 4 members (excludes halogenated alkanes) is 1. The molecule has 2 saturated heterocycles. The van der Waals surface area contributed by atoms with Gasteiger partial charge in [0.1, 0.15) is 11.9 Å². The van der Waals surface area contributed by atoms with E-state index in [9.17, 15) is 0 Å². The van der Waals surface area contributed by atoms with Gasteiger partial charge in [-0.15, -0.1) is 0 Å². The largest absolute Gasteiger partial charge is 0.488 e. The van der Waals surface area contributed by atoms with Crippen LogP contribution >= 0.6 is 0 Å². The van der Waals surface area contributed by atoms with Crippen molar-refractivity contribution in [1.29, 1.82) is 0 Å². The number of piperidine rings is 1. The van der Waals surface area contributed by atoms with E-state index in [0.29, 0.717) is 13.2 Å². The molecule has 2 unspecified atom stereocenters. The summed E-state index contributed by atoms with van der Waals surface area (Å²) in [7, 11) is 1.83. The van der Waals surface area contributed by atoms with Crippen LogP contribution in [0.4, 0.5) is 0 Å². The Labute approximate surface area is 182 Å². The normalized spacial score (nSPS) is 22.8. The van der Waals surface area contributed by atoms with Crippen LogP contribution in [0.2, 0.25) is 0 Å². The van der Waals surface area contributed by atoms with Gasteiger partial charge in [0.2, 0.25) is 0 Å². The van der Waals surface area contributed by atoms with Gasteiger partial charge < -0.3 is 25.0 Å². The molecule has 2 N–H and O–H groups in total. The number of nitrogens with zero attached hydrogens (tertiary/aromatic N) is 2. The van der Waals surface area contributed by atoms with Crippen molar-refractivity contribution in [3.63, 3.8) is 0 Å². The van der Waals surface area contributed by atoms with Crippen LogP contribution in [0.1, 0.15) is 56.6 Å². The molecule has 30 heavy (non-hydrogen) atoms. The van der Waals surface area contributed by atoms with Crippen LogP contribution in [0.5, 0.6) is 5.75 Å². The van der Waals surface area contributed by atoms with Gasteiger partial charge in [-0.25, -0.2) is 0 Å². The first-order chi connectivity index (χ1) is 14.7. The Morgan fingerprint density at radius 3 is 2.90 bits per heavy atom. The van der Waals surface area contributed by atoms with Gasteiger partial charge in [-0.3, -0.25) is 4.99 Å². The van der Waals surface area contributed by atoms with Crippen molar-refractivity contribution in [1.82, 2.24) is 15.5 Å². The molecule has 168 valence electrons. The highest BCUT2D eigenvalue weighted by molar-refractivity contribution is 5.79. The molecule has 0 spiro atoms. The number of ether oxygens (including phenoxy) is 2. The van der Waals surface area contributed by atoms with Crippen LogP contribution in [0.15, 0.2) is 23.2 Å². The number of benzene rings is 1.